The van der Waals surface area contributed by atoms with E-state index in [1.54, 1.807) is 24.3 Å². The topological polar surface area (TPSA) is 194 Å². The largest absolute Gasteiger partial charge is 0.508 e. The van der Waals surface area contributed by atoms with E-state index in [1.807, 2.05) is 6.07 Å². The molecule has 0 heterocycles. The Hall–Kier alpha value is -3.53. The third-order valence-electron chi connectivity index (χ3n) is 7.30. The van der Waals surface area contributed by atoms with Crippen LogP contribution in [0.3, 0.4) is 0 Å². The van der Waals surface area contributed by atoms with Crippen molar-refractivity contribution in [2.75, 3.05) is 31.0 Å². The number of hydrogen-bond donors (Lipinski definition) is 5. The van der Waals surface area contributed by atoms with E-state index in [2.05, 4.69) is 10.0 Å². The van der Waals surface area contributed by atoms with Gasteiger partial charge in [-0.25, -0.2) is 22.0 Å². The van der Waals surface area contributed by atoms with Crippen LogP contribution in [-0.2, 0) is 47.3 Å². The van der Waals surface area contributed by atoms with Crippen LogP contribution in [0.25, 0.3) is 0 Å². The van der Waals surface area contributed by atoms with Crippen LogP contribution >= 0.6 is 0 Å². The number of phenolic OH excluding ortho intramolecular Hbond substituents is 1. The van der Waals surface area contributed by atoms with E-state index in [4.69, 9.17) is 14.6 Å². The normalized spacial score (nSPS) is 12.5. The number of hydrogen-bond acceptors (Lipinski definition) is 10. The fourth-order valence-electron chi connectivity index (χ4n) is 4.70. The Bertz CT molecular complexity index is 1650. The fourth-order valence-corrected chi connectivity index (χ4v) is 6.35. The van der Waals surface area contributed by atoms with E-state index in [1.165, 1.54) is 43.3 Å². The summed E-state index contributed by atoms with van der Waals surface area (Å²) in [5.74, 6) is -0.425. The van der Waals surface area contributed by atoms with Gasteiger partial charge in [0.25, 0.3) is 10.0 Å². The molecule has 0 fully saturated rings. The van der Waals surface area contributed by atoms with Gasteiger partial charge < -0.3 is 25.0 Å². The van der Waals surface area contributed by atoms with Crippen LogP contribution in [0.15, 0.2) is 76.5 Å². The predicted octanol–water partition coefficient (Wildman–Crippen LogP) is 4.13. The molecule has 0 unspecified atom stereocenters. The average Bonchev–Trinajstić information content (AvgIpc) is 3.02. The van der Waals surface area contributed by atoms with Gasteiger partial charge in [-0.1, -0.05) is 31.0 Å². The molecule has 0 bridgehead atoms. The summed E-state index contributed by atoms with van der Waals surface area (Å²) in [6, 6.07) is 16.7. The molecule has 0 spiro atoms. The molecule has 12 nitrogen and oxygen atoms in total. The zero-order valence-corrected chi connectivity index (χ0v) is 28.2. The molecule has 0 aromatic heterocycles. The van der Waals surface area contributed by atoms with Crippen molar-refractivity contribution >= 4 is 31.7 Å². The molecule has 0 saturated carbocycles. The summed E-state index contributed by atoms with van der Waals surface area (Å²) in [6.45, 7) is 3.70. The van der Waals surface area contributed by atoms with E-state index in [0.717, 1.165) is 50.6 Å². The Morgan fingerprint density at radius 1 is 0.872 bits per heavy atom. The minimum absolute atomic E-state index is 0.0162. The highest BCUT2D eigenvalue weighted by molar-refractivity contribution is 7.92. The molecule has 3 aromatic carbocycles. The minimum atomic E-state index is -3.87. The second kappa shape index (κ2) is 18.7. The lowest BCUT2D eigenvalue weighted by atomic mass is 10.1. The molecular weight excluding hydrogens is 647 g/mol. The number of rotatable bonds is 21. The smallest absolute Gasteiger partial charge is 0.302 e. The maximum Gasteiger partial charge on any atom is 0.302 e. The molecule has 0 aliphatic carbocycles. The lowest BCUT2D eigenvalue weighted by Crippen LogP contribution is -2.22. The van der Waals surface area contributed by atoms with Gasteiger partial charge in [0.15, 0.2) is 0 Å². The first-order chi connectivity index (χ1) is 22.3. The first kappa shape index (κ1) is 37.9. The Morgan fingerprint density at radius 3 is 2.28 bits per heavy atom. The third kappa shape index (κ3) is 13.6. The molecule has 1 atom stereocenters. The van der Waals surface area contributed by atoms with Crippen molar-refractivity contribution in [2.24, 2.45) is 5.14 Å². The number of nitrogens with one attached hydrogen (secondary N) is 2. The molecule has 0 aliphatic rings. The maximum absolute atomic E-state index is 12.8. The number of phenols is 1. The quantitative estimate of drug-likeness (QED) is 0.0801. The van der Waals surface area contributed by atoms with Crippen molar-refractivity contribution < 1.29 is 41.3 Å². The van der Waals surface area contributed by atoms with E-state index < -0.39 is 32.1 Å². The number of carbonyl (C=O) groups is 1. The van der Waals surface area contributed by atoms with Crippen LogP contribution in [0, 0.1) is 0 Å². The van der Waals surface area contributed by atoms with Gasteiger partial charge in [-0.15, -0.1) is 0 Å². The molecule has 258 valence electrons. The number of nitrogens with two attached hydrogens (primary N) is 1. The highest BCUT2D eigenvalue weighted by Crippen LogP contribution is 2.23. The summed E-state index contributed by atoms with van der Waals surface area (Å²) in [7, 11) is -7.72. The summed E-state index contributed by atoms with van der Waals surface area (Å²) in [5, 5.41) is 28.7. The van der Waals surface area contributed by atoms with Crippen LogP contribution in [0.4, 0.5) is 5.69 Å². The zero-order chi connectivity index (χ0) is 34.3. The number of aryl methyl sites for hydroxylation is 1. The highest BCUT2D eigenvalue weighted by atomic mass is 32.2. The minimum Gasteiger partial charge on any atom is -0.508 e. The molecule has 3 rings (SSSR count). The molecule has 0 amide bonds. The first-order valence-electron chi connectivity index (χ1n) is 15.5. The number of esters is 1. The number of aromatic hydroxyl groups is 1. The van der Waals surface area contributed by atoms with Crippen molar-refractivity contribution in [3.8, 4) is 5.75 Å². The lowest BCUT2D eigenvalue weighted by Gasteiger charge is -2.14. The standard InChI is InChI=1S/C33H45N3O9S2/c1-25(37)45-24-28-22-27(12-17-32(28)38)33(39)23-35-18-5-2-3-6-19-44-20-7-4-9-26-10-8-11-31(21-26)47(42,43)36-29-13-15-30(16-14-29)46(34,40)41/h8,10-17,21-22,33,35-36,38-39H,2-7,9,18-20,23-24H2,1H3,(H2,34,40,41)/t33-/m0/s1. The molecule has 0 aliphatic heterocycles. The molecule has 47 heavy (non-hydrogen) atoms. The number of ether oxygens (including phenoxy) is 2. The van der Waals surface area contributed by atoms with Crippen molar-refractivity contribution in [3.63, 3.8) is 0 Å². The number of sulfonamides is 2. The number of primary sulfonamides is 1. The summed E-state index contributed by atoms with van der Waals surface area (Å²) >= 11 is 0. The highest BCUT2D eigenvalue weighted by Gasteiger charge is 2.16. The van der Waals surface area contributed by atoms with Gasteiger partial charge in [0.1, 0.15) is 12.4 Å². The maximum atomic E-state index is 12.8. The average molecular weight is 692 g/mol. The van der Waals surface area contributed by atoms with Crippen LogP contribution in [0.5, 0.6) is 5.75 Å². The van der Waals surface area contributed by atoms with Crippen molar-refractivity contribution in [1.82, 2.24) is 5.32 Å². The van der Waals surface area contributed by atoms with Gasteiger partial charge >= 0.3 is 5.97 Å². The van der Waals surface area contributed by atoms with Gasteiger partial charge in [0.2, 0.25) is 10.0 Å². The summed E-state index contributed by atoms with van der Waals surface area (Å²) in [5.41, 5.74) is 2.21. The molecule has 14 heteroatoms. The molecule has 6 N–H and O–H groups in total. The summed E-state index contributed by atoms with van der Waals surface area (Å²) in [4.78, 5) is 11.0. The van der Waals surface area contributed by atoms with Crippen LogP contribution in [0.2, 0.25) is 0 Å². The summed E-state index contributed by atoms with van der Waals surface area (Å²) in [6.07, 6.45) is 5.66. The number of unbranched alkanes of at least 4 members (excludes halogenated alkanes) is 4. The Labute approximate surface area is 277 Å². The van der Waals surface area contributed by atoms with Crippen molar-refractivity contribution in [2.45, 2.75) is 74.4 Å². The monoisotopic (exact) mass is 691 g/mol. The zero-order valence-electron chi connectivity index (χ0n) is 26.6. The Morgan fingerprint density at radius 2 is 1.57 bits per heavy atom. The number of aliphatic hydroxyl groups excluding tert-OH is 1. The number of anilines is 1. The van der Waals surface area contributed by atoms with Gasteiger partial charge in [-0.2, -0.15) is 0 Å². The number of benzene rings is 3. The predicted molar refractivity (Wildman–Crippen MR) is 179 cm³/mol. The van der Waals surface area contributed by atoms with Gasteiger partial charge in [-0.3, -0.25) is 9.52 Å². The number of carbonyl (C=O) groups excluding carboxylic acids is 1. The Kier molecular flexibility index (Phi) is 15.1. The van der Waals surface area contributed by atoms with E-state index in [0.29, 0.717) is 37.3 Å². The van der Waals surface area contributed by atoms with E-state index in [-0.39, 0.29) is 27.8 Å². The van der Waals surface area contributed by atoms with E-state index in [9.17, 15) is 31.8 Å². The number of aliphatic hydroxyl groups is 1. The Balaban J connectivity index is 1.23. The van der Waals surface area contributed by atoms with Crippen LogP contribution in [0.1, 0.15) is 68.2 Å². The van der Waals surface area contributed by atoms with Crippen LogP contribution < -0.4 is 15.2 Å². The molecule has 0 saturated heterocycles. The molecule has 3 aromatic rings. The molecule has 0 radical (unpaired) electrons. The van der Waals surface area contributed by atoms with Gasteiger partial charge in [-0.05, 0) is 98.3 Å². The third-order valence-corrected chi connectivity index (χ3v) is 9.61. The summed E-state index contributed by atoms with van der Waals surface area (Å²) < 4.78 is 61.7. The second-order valence-corrected chi connectivity index (χ2v) is 14.4. The second-order valence-electron chi connectivity index (χ2n) is 11.2. The first-order valence-corrected chi connectivity index (χ1v) is 18.5. The fraction of sp³-hybridized carbons (Fsp3) is 0.424. The van der Waals surface area contributed by atoms with Crippen LogP contribution in [-0.4, -0.2) is 59.3 Å². The van der Waals surface area contributed by atoms with Gasteiger partial charge in [0.05, 0.1) is 15.9 Å². The van der Waals surface area contributed by atoms with E-state index >= 15 is 0 Å². The molecular formula is C33H45N3O9S2. The van der Waals surface area contributed by atoms with Crippen molar-refractivity contribution in [3.05, 3.63) is 83.4 Å². The van der Waals surface area contributed by atoms with Gasteiger partial charge in [0, 0.05) is 37.9 Å². The SMILES string of the molecule is CC(=O)OCc1cc([C@@H](O)CNCCCCCCOCCCCc2cccc(S(=O)(=O)Nc3ccc(S(N)(=O)=O)cc3)c2)ccc1O. The van der Waals surface area contributed by atoms with Crippen molar-refractivity contribution in [1.29, 1.82) is 0 Å². The lowest BCUT2D eigenvalue weighted by molar-refractivity contribution is -0.142.